The number of likely N-dealkylation sites (tertiary alicyclic amines) is 1. The van der Waals surface area contributed by atoms with Crippen molar-refractivity contribution in [1.82, 2.24) is 20.0 Å². The van der Waals surface area contributed by atoms with Gasteiger partial charge < -0.3 is 20.1 Å². The molecule has 0 saturated carbocycles. The Kier molecular flexibility index (Phi) is 6.13. The zero-order valence-corrected chi connectivity index (χ0v) is 19.3. The molecule has 0 spiro atoms. The minimum absolute atomic E-state index is 0.0203. The Morgan fingerprint density at radius 3 is 2.55 bits per heavy atom. The Bertz CT molecular complexity index is 1170. The van der Waals surface area contributed by atoms with Gasteiger partial charge in [-0.25, -0.2) is 9.97 Å². The van der Waals surface area contributed by atoms with E-state index >= 15 is 0 Å². The van der Waals surface area contributed by atoms with E-state index in [-0.39, 0.29) is 18.4 Å². The first-order valence-corrected chi connectivity index (χ1v) is 10.9. The molecule has 1 aliphatic rings. The molecule has 1 atom stereocenters. The predicted octanol–water partition coefficient (Wildman–Crippen LogP) is 2.82. The summed E-state index contributed by atoms with van der Waals surface area (Å²) in [6, 6.07) is 6.88. The SMILES string of the molecule is Cc1noc(C)c1CC(=O)N1CCC[C@H]1c1nc(N(C)C)ncc1-c1ccc(C(N)=O)cc1. The molecule has 2 aromatic heterocycles. The highest BCUT2D eigenvalue weighted by molar-refractivity contribution is 5.93. The molecule has 0 unspecified atom stereocenters. The fraction of sp³-hybridized carbons (Fsp3) is 0.375. The number of primary amides is 1. The van der Waals surface area contributed by atoms with Crippen molar-refractivity contribution in [3.8, 4) is 11.1 Å². The number of amides is 2. The second-order valence-electron chi connectivity index (χ2n) is 8.53. The number of benzene rings is 1. The van der Waals surface area contributed by atoms with Gasteiger partial charge >= 0.3 is 0 Å². The predicted molar refractivity (Wildman–Crippen MR) is 124 cm³/mol. The molecular formula is C24H28N6O3. The monoisotopic (exact) mass is 448 g/mol. The third-order valence-corrected chi connectivity index (χ3v) is 6.08. The number of nitrogens with two attached hydrogens (primary N) is 1. The van der Waals surface area contributed by atoms with Crippen molar-refractivity contribution in [1.29, 1.82) is 0 Å². The summed E-state index contributed by atoms with van der Waals surface area (Å²) >= 11 is 0. The number of aromatic nitrogens is 3. The first-order chi connectivity index (χ1) is 15.8. The second-order valence-corrected chi connectivity index (χ2v) is 8.53. The van der Waals surface area contributed by atoms with Crippen LogP contribution in [0, 0.1) is 13.8 Å². The van der Waals surface area contributed by atoms with Gasteiger partial charge in [-0.1, -0.05) is 17.3 Å². The van der Waals surface area contributed by atoms with Crippen LogP contribution in [0.1, 0.15) is 52.0 Å². The van der Waals surface area contributed by atoms with E-state index in [0.29, 0.717) is 23.8 Å². The van der Waals surface area contributed by atoms with Gasteiger partial charge in [-0.05, 0) is 44.4 Å². The van der Waals surface area contributed by atoms with Crippen LogP contribution in [0.15, 0.2) is 35.0 Å². The number of hydrogen-bond donors (Lipinski definition) is 1. The number of rotatable bonds is 6. The molecule has 3 heterocycles. The Morgan fingerprint density at radius 2 is 1.94 bits per heavy atom. The lowest BCUT2D eigenvalue weighted by atomic mass is 9.98. The second kappa shape index (κ2) is 9.01. The number of aryl methyl sites for hydroxylation is 2. The van der Waals surface area contributed by atoms with E-state index in [1.807, 2.05) is 49.9 Å². The van der Waals surface area contributed by atoms with Gasteiger partial charge in [-0.3, -0.25) is 9.59 Å². The van der Waals surface area contributed by atoms with Crippen LogP contribution >= 0.6 is 0 Å². The lowest BCUT2D eigenvalue weighted by Gasteiger charge is -2.27. The lowest BCUT2D eigenvalue weighted by molar-refractivity contribution is -0.131. The molecule has 0 aliphatic carbocycles. The highest BCUT2D eigenvalue weighted by Gasteiger charge is 2.34. The van der Waals surface area contributed by atoms with Crippen molar-refractivity contribution in [3.05, 3.63) is 58.7 Å². The van der Waals surface area contributed by atoms with Gasteiger partial charge in [0.15, 0.2) is 0 Å². The summed E-state index contributed by atoms with van der Waals surface area (Å²) in [5.41, 5.74) is 9.89. The molecule has 2 N–H and O–H groups in total. The third-order valence-electron chi connectivity index (χ3n) is 6.08. The normalized spacial score (nSPS) is 15.6. The van der Waals surface area contributed by atoms with E-state index in [1.165, 1.54) is 0 Å². The molecule has 0 radical (unpaired) electrons. The van der Waals surface area contributed by atoms with Crippen molar-refractivity contribution in [3.63, 3.8) is 0 Å². The van der Waals surface area contributed by atoms with Gasteiger partial charge in [0.1, 0.15) is 5.76 Å². The van der Waals surface area contributed by atoms with Crippen LogP contribution in [0.5, 0.6) is 0 Å². The fourth-order valence-corrected chi connectivity index (χ4v) is 4.25. The summed E-state index contributed by atoms with van der Waals surface area (Å²) in [5.74, 6) is 0.788. The molecule has 9 heteroatoms. The van der Waals surface area contributed by atoms with Gasteiger partial charge in [0.05, 0.1) is 23.9 Å². The fourth-order valence-electron chi connectivity index (χ4n) is 4.25. The van der Waals surface area contributed by atoms with Crippen molar-refractivity contribution >= 4 is 17.8 Å². The van der Waals surface area contributed by atoms with Crippen LogP contribution in [0.4, 0.5) is 5.95 Å². The molecule has 3 aromatic rings. The van der Waals surface area contributed by atoms with E-state index in [2.05, 4.69) is 10.1 Å². The molecule has 2 amide bonds. The summed E-state index contributed by atoms with van der Waals surface area (Å²) in [7, 11) is 3.77. The molecule has 33 heavy (non-hydrogen) atoms. The largest absolute Gasteiger partial charge is 0.366 e. The van der Waals surface area contributed by atoms with E-state index in [9.17, 15) is 9.59 Å². The Hall–Kier alpha value is -3.75. The van der Waals surface area contributed by atoms with E-state index in [4.69, 9.17) is 15.2 Å². The van der Waals surface area contributed by atoms with Crippen molar-refractivity contribution in [2.45, 2.75) is 39.2 Å². The van der Waals surface area contributed by atoms with Crippen molar-refractivity contribution in [2.24, 2.45) is 5.73 Å². The molecule has 4 rings (SSSR count). The molecule has 9 nitrogen and oxygen atoms in total. The summed E-state index contributed by atoms with van der Waals surface area (Å²) < 4.78 is 5.24. The maximum absolute atomic E-state index is 13.3. The number of carbonyl (C=O) groups excluding carboxylic acids is 2. The quantitative estimate of drug-likeness (QED) is 0.616. The molecule has 1 aliphatic heterocycles. The smallest absolute Gasteiger partial charge is 0.248 e. The number of carbonyl (C=O) groups is 2. The van der Waals surface area contributed by atoms with E-state index in [0.717, 1.165) is 40.9 Å². The van der Waals surface area contributed by atoms with Gasteiger partial charge in [-0.15, -0.1) is 0 Å². The first kappa shape index (κ1) is 22.4. The summed E-state index contributed by atoms with van der Waals surface area (Å²) in [5, 5.41) is 3.97. The Labute approximate surface area is 192 Å². The van der Waals surface area contributed by atoms with Crippen molar-refractivity contribution < 1.29 is 14.1 Å². The molecule has 1 aromatic carbocycles. The first-order valence-electron chi connectivity index (χ1n) is 10.9. The zero-order valence-electron chi connectivity index (χ0n) is 19.3. The maximum Gasteiger partial charge on any atom is 0.248 e. The lowest BCUT2D eigenvalue weighted by Crippen LogP contribution is -2.33. The molecule has 172 valence electrons. The van der Waals surface area contributed by atoms with Gasteiger partial charge in [0.2, 0.25) is 17.8 Å². The van der Waals surface area contributed by atoms with Crippen LogP contribution in [0.25, 0.3) is 11.1 Å². The van der Waals surface area contributed by atoms with E-state index < -0.39 is 5.91 Å². The minimum atomic E-state index is -0.479. The summed E-state index contributed by atoms with van der Waals surface area (Å²) in [4.78, 5) is 37.9. The highest BCUT2D eigenvalue weighted by Crippen LogP contribution is 2.37. The highest BCUT2D eigenvalue weighted by atomic mass is 16.5. The van der Waals surface area contributed by atoms with Crippen LogP contribution in [0.2, 0.25) is 0 Å². The Balaban J connectivity index is 1.71. The maximum atomic E-state index is 13.3. The van der Waals surface area contributed by atoms with Crippen LogP contribution in [0.3, 0.4) is 0 Å². The third kappa shape index (κ3) is 4.44. The van der Waals surface area contributed by atoms with Gasteiger partial charge in [-0.2, -0.15) is 0 Å². The summed E-state index contributed by atoms with van der Waals surface area (Å²) in [6.45, 7) is 4.34. The van der Waals surface area contributed by atoms with Gasteiger partial charge in [0, 0.05) is 43.5 Å². The number of anilines is 1. The van der Waals surface area contributed by atoms with Crippen LogP contribution < -0.4 is 10.6 Å². The minimum Gasteiger partial charge on any atom is -0.366 e. The molecule has 0 bridgehead atoms. The van der Waals surface area contributed by atoms with Gasteiger partial charge in [0.25, 0.3) is 0 Å². The summed E-state index contributed by atoms with van der Waals surface area (Å²) in [6.07, 6.45) is 3.72. The van der Waals surface area contributed by atoms with Crippen LogP contribution in [-0.4, -0.2) is 52.5 Å². The number of hydrogen-bond acceptors (Lipinski definition) is 7. The molecular weight excluding hydrogens is 420 g/mol. The molecule has 1 saturated heterocycles. The number of nitrogens with zero attached hydrogens (tertiary/aromatic N) is 5. The Morgan fingerprint density at radius 1 is 1.21 bits per heavy atom. The van der Waals surface area contributed by atoms with Crippen molar-refractivity contribution in [2.75, 3.05) is 25.5 Å². The molecule has 1 fully saturated rings. The van der Waals surface area contributed by atoms with E-state index in [1.54, 1.807) is 18.3 Å². The topological polar surface area (TPSA) is 118 Å². The average molecular weight is 449 g/mol. The van der Waals surface area contributed by atoms with Crippen LogP contribution in [-0.2, 0) is 11.2 Å². The standard InChI is InChI=1S/C24H28N6O3/c1-14-18(15(2)33-28-14)12-21(31)30-11-5-6-20(30)22-19(13-26-24(27-22)29(3)4)16-7-9-17(10-8-16)23(25)32/h7-10,13,20H,5-6,11-12H2,1-4H3,(H2,25,32)/t20-/m0/s1. The zero-order chi connectivity index (χ0) is 23.7. The average Bonchev–Trinajstić information content (AvgIpc) is 3.41.